The average molecular weight is 378 g/mol. The topological polar surface area (TPSA) is 69.0 Å². The van der Waals surface area contributed by atoms with Crippen molar-refractivity contribution in [3.8, 4) is 17.0 Å². The maximum absolute atomic E-state index is 12.5. The van der Waals surface area contributed by atoms with Crippen LogP contribution in [-0.2, 0) is 16.0 Å². The maximum Gasteiger partial charge on any atom is 0.249 e. The molecule has 0 spiro atoms. The van der Waals surface area contributed by atoms with Crippen molar-refractivity contribution < 1.29 is 14.3 Å². The Kier molecular flexibility index (Phi) is 4.05. The minimum absolute atomic E-state index is 0.0518. The first-order chi connectivity index (χ1) is 13.7. The third-order valence-electron chi connectivity index (χ3n) is 5.84. The molecule has 0 unspecified atom stereocenters. The van der Waals surface area contributed by atoms with Crippen LogP contribution < -0.4 is 4.74 Å². The summed E-state index contributed by atoms with van der Waals surface area (Å²) in [5.41, 5.74) is 4.85. The van der Waals surface area contributed by atoms with Gasteiger partial charge < -0.3 is 14.4 Å². The van der Waals surface area contributed by atoms with Gasteiger partial charge in [-0.3, -0.25) is 4.79 Å². The fourth-order valence-electron chi connectivity index (χ4n) is 4.65. The Hall–Kier alpha value is -2.93. The molecule has 2 aliphatic rings. The lowest BCUT2D eigenvalue weighted by atomic mass is 9.99. The predicted molar refractivity (Wildman–Crippen MR) is 103 cm³/mol. The van der Waals surface area contributed by atoms with Gasteiger partial charge in [0.05, 0.1) is 24.5 Å². The van der Waals surface area contributed by atoms with Crippen LogP contribution in [0.5, 0.6) is 5.75 Å². The van der Waals surface area contributed by atoms with Crippen LogP contribution in [0.1, 0.15) is 30.1 Å². The molecule has 1 fully saturated rings. The Morgan fingerprint density at radius 3 is 2.93 bits per heavy atom. The lowest BCUT2D eigenvalue weighted by molar-refractivity contribution is -0.138. The van der Waals surface area contributed by atoms with Crippen molar-refractivity contribution in [3.05, 3.63) is 47.8 Å². The standard InChI is InChI=1S/C21H22N4O3/c1-27-12-21(26)24-13-7-8-17(24)15-11-22-20-10-16(23-25(20)18(15)9-13)14-5-3-4-6-19(14)28-2/h3-6,10-11,13,17H,7-9,12H2,1-2H3/t13-,17+/m0/s1. The number of fused-ring (bicyclic) bond motifs is 6. The van der Waals surface area contributed by atoms with E-state index in [0.717, 1.165) is 53.2 Å². The molecule has 0 aliphatic carbocycles. The summed E-state index contributed by atoms with van der Waals surface area (Å²) < 4.78 is 12.5. The first-order valence-corrected chi connectivity index (χ1v) is 9.52. The number of hydrogen-bond donors (Lipinski definition) is 0. The van der Waals surface area contributed by atoms with Crippen LogP contribution in [0.2, 0.25) is 0 Å². The highest BCUT2D eigenvalue weighted by atomic mass is 16.5. The van der Waals surface area contributed by atoms with Crippen LogP contribution in [0.3, 0.4) is 0 Å². The molecule has 0 saturated carbocycles. The van der Waals surface area contributed by atoms with Gasteiger partial charge >= 0.3 is 0 Å². The van der Waals surface area contributed by atoms with Gasteiger partial charge in [0.2, 0.25) is 5.91 Å². The molecule has 1 aromatic carbocycles. The first-order valence-electron chi connectivity index (χ1n) is 9.52. The summed E-state index contributed by atoms with van der Waals surface area (Å²) in [7, 11) is 3.23. The quantitative estimate of drug-likeness (QED) is 0.698. The summed E-state index contributed by atoms with van der Waals surface area (Å²) in [5, 5.41) is 4.85. The highest BCUT2D eigenvalue weighted by Crippen LogP contribution is 2.43. The van der Waals surface area contributed by atoms with Gasteiger partial charge in [-0.2, -0.15) is 5.10 Å². The molecular weight excluding hydrogens is 356 g/mol. The number of rotatable bonds is 4. The molecule has 4 heterocycles. The van der Waals surface area contributed by atoms with E-state index in [4.69, 9.17) is 14.6 Å². The van der Waals surface area contributed by atoms with Gasteiger partial charge in [-0.25, -0.2) is 9.50 Å². The van der Waals surface area contributed by atoms with Gasteiger partial charge in [0.25, 0.3) is 0 Å². The number of amides is 1. The molecule has 1 amide bonds. The van der Waals surface area contributed by atoms with Crippen LogP contribution in [0.4, 0.5) is 0 Å². The average Bonchev–Trinajstić information content (AvgIpc) is 3.29. The number of carbonyl (C=O) groups excluding carboxylic acids is 1. The van der Waals surface area contributed by atoms with Crippen molar-refractivity contribution in [1.29, 1.82) is 0 Å². The SMILES string of the molecule is COCC(=O)N1[C@H]2CC[C@@H]1c1cnc3cc(-c4ccccc4OC)nn3c1C2. The van der Waals surface area contributed by atoms with Crippen LogP contribution in [-0.4, -0.2) is 52.3 Å². The zero-order chi connectivity index (χ0) is 19.3. The Morgan fingerprint density at radius 1 is 1.25 bits per heavy atom. The van der Waals surface area contributed by atoms with E-state index in [1.807, 2.05) is 45.9 Å². The summed E-state index contributed by atoms with van der Waals surface area (Å²) >= 11 is 0. The van der Waals surface area contributed by atoms with Gasteiger partial charge in [-0.05, 0) is 25.0 Å². The highest BCUT2D eigenvalue weighted by Gasteiger charge is 2.43. The molecule has 5 rings (SSSR count). The van der Waals surface area contributed by atoms with Crippen molar-refractivity contribution in [2.45, 2.75) is 31.3 Å². The largest absolute Gasteiger partial charge is 0.496 e. The Bertz CT molecular complexity index is 1060. The van der Waals surface area contributed by atoms with Crippen LogP contribution in [0.15, 0.2) is 36.5 Å². The monoisotopic (exact) mass is 378 g/mol. The summed E-state index contributed by atoms with van der Waals surface area (Å²) in [4.78, 5) is 19.2. The summed E-state index contributed by atoms with van der Waals surface area (Å²) in [6.45, 7) is 0.123. The minimum atomic E-state index is 0.0518. The van der Waals surface area contributed by atoms with Crippen LogP contribution >= 0.6 is 0 Å². The first kappa shape index (κ1) is 17.2. The molecule has 1 saturated heterocycles. The van der Waals surface area contributed by atoms with Crippen molar-refractivity contribution in [2.75, 3.05) is 20.8 Å². The fraction of sp³-hybridized carbons (Fsp3) is 0.381. The molecule has 2 atom stereocenters. The van der Waals surface area contributed by atoms with E-state index >= 15 is 0 Å². The number of benzene rings is 1. The molecule has 2 aromatic heterocycles. The van der Waals surface area contributed by atoms with Gasteiger partial charge in [0, 0.05) is 43.0 Å². The molecule has 2 aliphatic heterocycles. The minimum Gasteiger partial charge on any atom is -0.496 e. The van der Waals surface area contributed by atoms with E-state index in [9.17, 15) is 4.79 Å². The van der Waals surface area contributed by atoms with E-state index in [2.05, 4.69) is 4.98 Å². The predicted octanol–water partition coefficient (Wildman–Crippen LogP) is 2.64. The van der Waals surface area contributed by atoms with Gasteiger partial charge in [0.1, 0.15) is 12.4 Å². The number of hydrogen-bond acceptors (Lipinski definition) is 5. The number of carbonyl (C=O) groups is 1. The second-order valence-corrected chi connectivity index (χ2v) is 7.35. The number of nitrogens with zero attached hydrogens (tertiary/aromatic N) is 4. The van der Waals surface area contributed by atoms with Crippen molar-refractivity contribution in [1.82, 2.24) is 19.5 Å². The smallest absolute Gasteiger partial charge is 0.249 e. The normalized spacial score (nSPS) is 20.4. The molecule has 7 nitrogen and oxygen atoms in total. The number of aromatic nitrogens is 3. The molecule has 7 heteroatoms. The lowest BCUT2D eigenvalue weighted by Gasteiger charge is -2.36. The number of ether oxygens (including phenoxy) is 2. The second kappa shape index (κ2) is 6.60. The van der Waals surface area contributed by atoms with E-state index in [0.29, 0.717) is 0 Å². The molecule has 2 bridgehead atoms. The third-order valence-corrected chi connectivity index (χ3v) is 5.84. The van der Waals surface area contributed by atoms with Crippen molar-refractivity contribution in [2.24, 2.45) is 0 Å². The second-order valence-electron chi connectivity index (χ2n) is 7.35. The third kappa shape index (κ3) is 2.50. The Morgan fingerprint density at radius 2 is 2.11 bits per heavy atom. The number of para-hydroxylation sites is 1. The number of methoxy groups -OCH3 is 2. The maximum atomic E-state index is 12.5. The van der Waals surface area contributed by atoms with E-state index in [1.165, 1.54) is 0 Å². The molecule has 0 N–H and O–H groups in total. The van der Waals surface area contributed by atoms with Gasteiger partial charge in [-0.15, -0.1) is 0 Å². The summed E-state index contributed by atoms with van der Waals surface area (Å²) in [6, 6.07) is 10.1. The lowest BCUT2D eigenvalue weighted by Crippen LogP contribution is -2.44. The van der Waals surface area contributed by atoms with E-state index < -0.39 is 0 Å². The zero-order valence-corrected chi connectivity index (χ0v) is 16.0. The summed E-state index contributed by atoms with van der Waals surface area (Å²) in [6.07, 6.45) is 4.66. The summed E-state index contributed by atoms with van der Waals surface area (Å²) in [5.74, 6) is 0.840. The van der Waals surface area contributed by atoms with Crippen molar-refractivity contribution >= 4 is 11.6 Å². The molecule has 0 radical (unpaired) electrons. The van der Waals surface area contributed by atoms with E-state index in [-0.39, 0.29) is 24.6 Å². The Balaban J connectivity index is 1.60. The molecule has 144 valence electrons. The molecule has 3 aromatic rings. The zero-order valence-electron chi connectivity index (χ0n) is 16.0. The van der Waals surface area contributed by atoms with E-state index in [1.54, 1.807) is 14.2 Å². The highest BCUT2D eigenvalue weighted by molar-refractivity contribution is 5.79. The fourth-order valence-corrected chi connectivity index (χ4v) is 4.65. The van der Waals surface area contributed by atoms with Crippen molar-refractivity contribution in [3.63, 3.8) is 0 Å². The molecule has 28 heavy (non-hydrogen) atoms. The Labute approximate surface area is 162 Å². The van der Waals surface area contributed by atoms with Crippen LogP contribution in [0.25, 0.3) is 16.9 Å². The van der Waals surface area contributed by atoms with Gasteiger partial charge in [-0.1, -0.05) is 12.1 Å². The van der Waals surface area contributed by atoms with Gasteiger partial charge in [0.15, 0.2) is 5.65 Å². The van der Waals surface area contributed by atoms with Crippen LogP contribution in [0, 0.1) is 0 Å². The molecular formula is C21H22N4O3.